The van der Waals surface area contributed by atoms with Gasteiger partial charge in [0.2, 0.25) is 17.7 Å². The number of nitrogen functional groups attached to an aromatic ring is 1. The van der Waals surface area contributed by atoms with Crippen LogP contribution in [0.25, 0.3) is 0 Å². The lowest BCUT2D eigenvalue weighted by Gasteiger charge is -2.09. The van der Waals surface area contributed by atoms with E-state index in [4.69, 9.17) is 22.1 Å². The van der Waals surface area contributed by atoms with E-state index in [0.717, 1.165) is 11.1 Å². The zero-order valence-corrected chi connectivity index (χ0v) is 13.8. The van der Waals surface area contributed by atoms with Gasteiger partial charge < -0.3 is 15.8 Å². The number of amides is 1. The Labute approximate surface area is 140 Å². The van der Waals surface area contributed by atoms with Gasteiger partial charge in [-0.15, -0.1) is 0 Å². The highest BCUT2D eigenvalue weighted by atomic mass is 35.5. The number of nitrogens with zero attached hydrogens (tertiary/aromatic N) is 2. The molecule has 1 aromatic heterocycles. The van der Waals surface area contributed by atoms with E-state index in [1.165, 1.54) is 6.07 Å². The van der Waals surface area contributed by atoms with E-state index in [9.17, 15) is 4.79 Å². The molecule has 3 N–H and O–H groups in total. The lowest BCUT2D eigenvalue weighted by molar-refractivity contribution is -0.124. The van der Waals surface area contributed by atoms with Crippen LogP contribution in [0.15, 0.2) is 30.3 Å². The molecule has 23 heavy (non-hydrogen) atoms. The molecule has 0 atom stereocenters. The summed E-state index contributed by atoms with van der Waals surface area (Å²) in [5.74, 6) is 0.421. The number of anilines is 1. The Morgan fingerprint density at radius 2 is 1.91 bits per heavy atom. The van der Waals surface area contributed by atoms with Crippen LogP contribution in [0.4, 0.5) is 5.95 Å². The van der Waals surface area contributed by atoms with E-state index in [0.29, 0.717) is 19.0 Å². The Balaban J connectivity index is 1.88. The number of carbonyl (C=O) groups excluding carboxylic acids is 1. The van der Waals surface area contributed by atoms with Crippen molar-refractivity contribution in [1.29, 1.82) is 0 Å². The van der Waals surface area contributed by atoms with Gasteiger partial charge in [0.15, 0.2) is 0 Å². The van der Waals surface area contributed by atoms with Gasteiger partial charge in [0.1, 0.15) is 11.8 Å². The number of carbonyl (C=O) groups is 1. The van der Waals surface area contributed by atoms with Gasteiger partial charge in [-0.25, -0.2) is 4.98 Å². The van der Waals surface area contributed by atoms with Gasteiger partial charge in [-0.2, -0.15) is 4.98 Å². The predicted molar refractivity (Wildman–Crippen MR) is 88.9 cm³/mol. The summed E-state index contributed by atoms with van der Waals surface area (Å²) in [6.45, 7) is 4.57. The lowest BCUT2D eigenvalue weighted by Crippen LogP contribution is -2.27. The highest BCUT2D eigenvalue weighted by molar-refractivity contribution is 6.29. The number of halogens is 1. The maximum atomic E-state index is 11.5. The lowest BCUT2D eigenvalue weighted by atomic mass is 10.1. The number of benzene rings is 1. The molecule has 6 nitrogen and oxygen atoms in total. The zero-order chi connectivity index (χ0) is 16.8. The standard InChI is InChI=1S/C16H19ClN4O2/c1-10(2)15(22)19-8-11-3-5-12(6-4-11)9-23-14-7-13(17)20-16(18)21-14/h3-7,10H,8-9H2,1-2H3,(H,19,22)(H2,18,20,21). The second-order valence-corrected chi connectivity index (χ2v) is 5.75. The molecule has 0 bridgehead atoms. The zero-order valence-electron chi connectivity index (χ0n) is 13.0. The average molecular weight is 335 g/mol. The second kappa shape index (κ2) is 7.78. The summed E-state index contributed by atoms with van der Waals surface area (Å²) >= 11 is 5.79. The minimum atomic E-state index is -0.0187. The molecule has 0 saturated heterocycles. The third-order valence-electron chi connectivity index (χ3n) is 3.09. The van der Waals surface area contributed by atoms with Crippen molar-refractivity contribution in [2.45, 2.75) is 27.0 Å². The number of hydrogen-bond acceptors (Lipinski definition) is 5. The summed E-state index contributed by atoms with van der Waals surface area (Å²) in [7, 11) is 0. The van der Waals surface area contributed by atoms with E-state index in [2.05, 4.69) is 15.3 Å². The van der Waals surface area contributed by atoms with Crippen molar-refractivity contribution in [3.63, 3.8) is 0 Å². The smallest absolute Gasteiger partial charge is 0.224 e. The van der Waals surface area contributed by atoms with E-state index in [1.54, 1.807) is 0 Å². The second-order valence-electron chi connectivity index (χ2n) is 5.36. The fourth-order valence-electron chi connectivity index (χ4n) is 1.79. The predicted octanol–water partition coefficient (Wildman–Crippen LogP) is 2.56. The van der Waals surface area contributed by atoms with Crippen LogP contribution in [0.3, 0.4) is 0 Å². The Morgan fingerprint density at radius 1 is 1.26 bits per heavy atom. The molecule has 2 rings (SSSR count). The molecule has 0 aliphatic carbocycles. The summed E-state index contributed by atoms with van der Waals surface area (Å²) in [5.41, 5.74) is 7.50. The number of ether oxygens (including phenoxy) is 1. The topological polar surface area (TPSA) is 90.1 Å². The molecule has 122 valence electrons. The van der Waals surface area contributed by atoms with Gasteiger partial charge in [-0.05, 0) is 11.1 Å². The minimum Gasteiger partial charge on any atom is -0.473 e. The van der Waals surface area contributed by atoms with Crippen LogP contribution >= 0.6 is 11.6 Å². The van der Waals surface area contributed by atoms with Crippen LogP contribution in [0, 0.1) is 5.92 Å². The van der Waals surface area contributed by atoms with Gasteiger partial charge in [0, 0.05) is 18.5 Å². The van der Waals surface area contributed by atoms with Crippen LogP contribution in [-0.4, -0.2) is 15.9 Å². The van der Waals surface area contributed by atoms with Gasteiger partial charge in [-0.3, -0.25) is 4.79 Å². The van der Waals surface area contributed by atoms with Crippen molar-refractivity contribution < 1.29 is 9.53 Å². The van der Waals surface area contributed by atoms with Crippen LogP contribution in [0.5, 0.6) is 5.88 Å². The fraction of sp³-hybridized carbons (Fsp3) is 0.312. The first-order valence-electron chi connectivity index (χ1n) is 7.22. The normalized spacial score (nSPS) is 10.6. The summed E-state index contributed by atoms with van der Waals surface area (Å²) in [6, 6.07) is 9.26. The molecule has 0 saturated carbocycles. The first-order valence-corrected chi connectivity index (χ1v) is 7.60. The van der Waals surface area contributed by atoms with Crippen molar-refractivity contribution in [3.8, 4) is 5.88 Å². The highest BCUT2D eigenvalue weighted by Crippen LogP contribution is 2.16. The number of nitrogens with one attached hydrogen (secondary N) is 1. The van der Waals surface area contributed by atoms with Gasteiger partial charge in [-0.1, -0.05) is 49.7 Å². The van der Waals surface area contributed by atoms with Crippen molar-refractivity contribution >= 4 is 23.5 Å². The number of aromatic nitrogens is 2. The quantitative estimate of drug-likeness (QED) is 0.792. The molecule has 0 aliphatic rings. The van der Waals surface area contributed by atoms with E-state index in [1.807, 2.05) is 38.1 Å². The molecule has 0 unspecified atom stereocenters. The largest absolute Gasteiger partial charge is 0.473 e. The van der Waals surface area contributed by atoms with Gasteiger partial charge >= 0.3 is 0 Å². The van der Waals surface area contributed by atoms with Crippen LogP contribution in [-0.2, 0) is 17.9 Å². The maximum absolute atomic E-state index is 11.5. The monoisotopic (exact) mass is 334 g/mol. The van der Waals surface area contributed by atoms with E-state index < -0.39 is 0 Å². The number of hydrogen-bond donors (Lipinski definition) is 2. The van der Waals surface area contributed by atoms with Crippen LogP contribution < -0.4 is 15.8 Å². The van der Waals surface area contributed by atoms with Crippen LogP contribution in [0.1, 0.15) is 25.0 Å². The Morgan fingerprint density at radius 3 is 2.52 bits per heavy atom. The molecular weight excluding hydrogens is 316 g/mol. The van der Waals surface area contributed by atoms with Crippen LogP contribution in [0.2, 0.25) is 5.15 Å². The third-order valence-corrected chi connectivity index (χ3v) is 3.28. The third kappa shape index (κ3) is 5.41. The maximum Gasteiger partial charge on any atom is 0.224 e. The molecule has 1 heterocycles. The van der Waals surface area contributed by atoms with Crippen molar-refractivity contribution in [2.75, 3.05) is 5.73 Å². The van der Waals surface area contributed by atoms with E-state index in [-0.39, 0.29) is 22.9 Å². The molecule has 1 amide bonds. The molecule has 0 spiro atoms. The molecule has 0 radical (unpaired) electrons. The van der Waals surface area contributed by atoms with Crippen molar-refractivity contribution in [1.82, 2.24) is 15.3 Å². The summed E-state index contributed by atoms with van der Waals surface area (Å²) in [5, 5.41) is 3.11. The Kier molecular flexibility index (Phi) is 5.76. The molecule has 0 aliphatic heterocycles. The SMILES string of the molecule is CC(C)C(=O)NCc1ccc(COc2cc(Cl)nc(N)n2)cc1. The first kappa shape index (κ1) is 17.0. The van der Waals surface area contributed by atoms with E-state index >= 15 is 0 Å². The van der Waals surface area contributed by atoms with Gasteiger partial charge in [0.05, 0.1) is 0 Å². The molecule has 1 aromatic carbocycles. The molecule has 2 aromatic rings. The summed E-state index contributed by atoms with van der Waals surface area (Å²) in [6.07, 6.45) is 0. The van der Waals surface area contributed by atoms with Gasteiger partial charge in [0.25, 0.3) is 0 Å². The molecule has 0 fully saturated rings. The molecule has 7 heteroatoms. The number of rotatable bonds is 6. The summed E-state index contributed by atoms with van der Waals surface area (Å²) < 4.78 is 5.54. The van der Waals surface area contributed by atoms with Crippen molar-refractivity contribution in [3.05, 3.63) is 46.6 Å². The Hall–Kier alpha value is -2.34. The molecular formula is C16H19ClN4O2. The number of nitrogens with two attached hydrogens (primary N) is 1. The minimum absolute atomic E-state index is 0.0187. The highest BCUT2D eigenvalue weighted by Gasteiger charge is 2.06. The first-order chi connectivity index (χ1) is 10.9. The Bertz CT molecular complexity index is 654. The summed E-state index contributed by atoms with van der Waals surface area (Å²) in [4.78, 5) is 19.2. The fourth-order valence-corrected chi connectivity index (χ4v) is 1.97. The average Bonchev–Trinajstić information content (AvgIpc) is 2.50. The van der Waals surface area contributed by atoms with Crippen molar-refractivity contribution in [2.24, 2.45) is 5.92 Å².